The van der Waals surface area contributed by atoms with E-state index < -0.39 is 0 Å². The van der Waals surface area contributed by atoms with Crippen LogP contribution in [0.25, 0.3) is 32.7 Å². The molecule has 4 aromatic rings. The number of aromatic nitrogens is 3. The number of rotatable bonds is 5. The number of hydrogen-bond acceptors (Lipinski definition) is 6. The molecule has 0 unspecified atom stereocenters. The van der Waals surface area contributed by atoms with Crippen LogP contribution in [0.15, 0.2) is 65.7 Å². The van der Waals surface area contributed by atoms with Gasteiger partial charge in [-0.2, -0.15) is 5.10 Å². The van der Waals surface area contributed by atoms with Crippen molar-refractivity contribution in [3.05, 3.63) is 71.3 Å². The number of carbonyl (C=O) groups excluding carboxylic acids is 1. The lowest BCUT2D eigenvalue weighted by Gasteiger charge is -2.21. The van der Waals surface area contributed by atoms with Crippen molar-refractivity contribution in [2.45, 2.75) is 26.3 Å². The number of thiazole rings is 1. The number of hydrogen-bond donors (Lipinski definition) is 0. The Bertz CT molecular complexity index is 1320. The Morgan fingerprint density at radius 1 is 1.12 bits per heavy atom. The van der Waals surface area contributed by atoms with E-state index in [0.717, 1.165) is 38.6 Å². The zero-order chi connectivity index (χ0) is 22.2. The van der Waals surface area contributed by atoms with E-state index in [4.69, 9.17) is 22.3 Å². The number of amides is 1. The van der Waals surface area contributed by atoms with Gasteiger partial charge in [0.2, 0.25) is 0 Å². The van der Waals surface area contributed by atoms with Gasteiger partial charge < -0.3 is 0 Å². The van der Waals surface area contributed by atoms with Gasteiger partial charge in [0.15, 0.2) is 0 Å². The molecule has 0 spiro atoms. The predicted molar refractivity (Wildman–Crippen MR) is 137 cm³/mol. The number of thiocarbonyl (C=S) groups is 1. The first-order chi connectivity index (χ1) is 15.5. The lowest BCUT2D eigenvalue weighted by atomic mass is 10.2. The Morgan fingerprint density at radius 2 is 1.88 bits per heavy atom. The zero-order valence-electron chi connectivity index (χ0n) is 17.6. The van der Waals surface area contributed by atoms with E-state index in [1.54, 1.807) is 16.2 Å². The second-order valence-electron chi connectivity index (χ2n) is 7.51. The van der Waals surface area contributed by atoms with Gasteiger partial charge in [0.25, 0.3) is 5.91 Å². The molecule has 0 bridgehead atoms. The number of fused-ring (bicyclic) bond motifs is 1. The quantitative estimate of drug-likeness (QED) is 0.255. The summed E-state index contributed by atoms with van der Waals surface area (Å²) in [6.07, 6.45) is 4.70. The second kappa shape index (κ2) is 8.61. The third kappa shape index (κ3) is 3.79. The highest BCUT2D eigenvalue weighted by Gasteiger charge is 2.35. The fraction of sp³-hybridized carbons (Fsp3) is 0.167. The first-order valence-corrected chi connectivity index (χ1v) is 12.4. The normalized spacial score (nSPS) is 16.4. The van der Waals surface area contributed by atoms with Gasteiger partial charge in [-0.05, 0) is 43.7 Å². The Kier molecular flexibility index (Phi) is 5.67. The van der Waals surface area contributed by atoms with Gasteiger partial charge in [0, 0.05) is 17.8 Å². The van der Waals surface area contributed by atoms with Crippen LogP contribution < -0.4 is 0 Å². The molecule has 1 fully saturated rings. The van der Waals surface area contributed by atoms with Crippen LogP contribution in [0.2, 0.25) is 0 Å². The van der Waals surface area contributed by atoms with Crippen molar-refractivity contribution in [1.82, 2.24) is 19.7 Å². The topological polar surface area (TPSA) is 51.0 Å². The van der Waals surface area contributed by atoms with Crippen LogP contribution in [-0.4, -0.2) is 35.9 Å². The average molecular weight is 477 g/mol. The van der Waals surface area contributed by atoms with Crippen molar-refractivity contribution in [2.24, 2.45) is 0 Å². The molecule has 1 amide bonds. The molecule has 2 aromatic carbocycles. The van der Waals surface area contributed by atoms with E-state index in [1.807, 2.05) is 72.4 Å². The van der Waals surface area contributed by atoms with E-state index in [9.17, 15) is 4.79 Å². The van der Waals surface area contributed by atoms with Crippen LogP contribution in [0.5, 0.6) is 0 Å². The van der Waals surface area contributed by atoms with Crippen LogP contribution >= 0.6 is 35.3 Å². The molecule has 1 aliphatic heterocycles. The van der Waals surface area contributed by atoms with E-state index in [1.165, 1.54) is 11.8 Å². The van der Waals surface area contributed by atoms with Gasteiger partial charge in [-0.25, -0.2) is 9.67 Å². The summed E-state index contributed by atoms with van der Waals surface area (Å²) in [6.45, 7) is 4.08. The van der Waals surface area contributed by atoms with Gasteiger partial charge in [0.1, 0.15) is 15.0 Å². The van der Waals surface area contributed by atoms with Crippen LogP contribution in [0.4, 0.5) is 0 Å². The molecular formula is C24H20N4OS3. The average Bonchev–Trinajstić information content (AvgIpc) is 3.49. The summed E-state index contributed by atoms with van der Waals surface area (Å²) >= 11 is 8.45. The van der Waals surface area contributed by atoms with Crippen molar-refractivity contribution >= 4 is 61.8 Å². The molecular weight excluding hydrogens is 456 g/mol. The standard InChI is InChI=1S/C24H20N4OS3/c1-3-15(2)28-23(29)20(32-24(28)30)13-16-14-27(17-9-5-4-6-10-17)26-21(16)22-25-18-11-7-8-12-19(18)31-22/h4-15H,3H2,1-2H3/b20-13-/t15-/m0/s1. The number of benzene rings is 2. The first kappa shape index (κ1) is 21.1. The molecule has 0 aliphatic carbocycles. The zero-order valence-corrected chi connectivity index (χ0v) is 20.0. The van der Waals surface area contributed by atoms with E-state index in [2.05, 4.69) is 13.0 Å². The van der Waals surface area contributed by atoms with Gasteiger partial charge in [0.05, 0.1) is 20.8 Å². The minimum atomic E-state index is -0.0444. The van der Waals surface area contributed by atoms with Crippen molar-refractivity contribution in [3.63, 3.8) is 0 Å². The molecule has 8 heteroatoms. The molecule has 2 aromatic heterocycles. The maximum atomic E-state index is 13.1. The molecule has 1 saturated heterocycles. The predicted octanol–water partition coefficient (Wildman–Crippen LogP) is 6.15. The number of para-hydroxylation sites is 2. The summed E-state index contributed by atoms with van der Waals surface area (Å²) in [5.41, 5.74) is 3.49. The molecule has 0 N–H and O–H groups in total. The minimum absolute atomic E-state index is 0.0444. The van der Waals surface area contributed by atoms with Crippen molar-refractivity contribution < 1.29 is 4.79 Å². The summed E-state index contributed by atoms with van der Waals surface area (Å²) in [5, 5.41) is 5.68. The second-order valence-corrected chi connectivity index (χ2v) is 10.2. The Hall–Kier alpha value is -2.81. The Balaban J connectivity index is 1.62. The maximum absolute atomic E-state index is 13.1. The van der Waals surface area contributed by atoms with Crippen LogP contribution in [0, 0.1) is 0 Å². The molecule has 3 heterocycles. The first-order valence-electron chi connectivity index (χ1n) is 10.3. The molecule has 1 aliphatic rings. The maximum Gasteiger partial charge on any atom is 0.266 e. The summed E-state index contributed by atoms with van der Waals surface area (Å²) in [5.74, 6) is -0.0444. The van der Waals surface area contributed by atoms with Crippen LogP contribution in [0.1, 0.15) is 25.8 Å². The van der Waals surface area contributed by atoms with Gasteiger partial charge in [-0.1, -0.05) is 61.2 Å². The van der Waals surface area contributed by atoms with Crippen molar-refractivity contribution in [2.75, 3.05) is 0 Å². The van der Waals surface area contributed by atoms with E-state index in [-0.39, 0.29) is 11.9 Å². The summed E-state index contributed by atoms with van der Waals surface area (Å²) < 4.78 is 3.54. The summed E-state index contributed by atoms with van der Waals surface area (Å²) in [6, 6.07) is 18.1. The number of nitrogens with zero attached hydrogens (tertiary/aromatic N) is 4. The third-order valence-corrected chi connectivity index (χ3v) is 7.77. The Morgan fingerprint density at radius 3 is 2.62 bits per heavy atom. The molecule has 160 valence electrons. The number of carbonyl (C=O) groups is 1. The van der Waals surface area contributed by atoms with E-state index in [0.29, 0.717) is 9.23 Å². The van der Waals surface area contributed by atoms with Crippen molar-refractivity contribution in [3.8, 4) is 16.4 Å². The fourth-order valence-electron chi connectivity index (χ4n) is 3.53. The monoisotopic (exact) mass is 476 g/mol. The molecule has 32 heavy (non-hydrogen) atoms. The molecule has 0 saturated carbocycles. The largest absolute Gasteiger partial charge is 0.290 e. The lowest BCUT2D eigenvalue weighted by Crippen LogP contribution is -2.36. The van der Waals surface area contributed by atoms with Crippen LogP contribution in [0.3, 0.4) is 0 Å². The SMILES string of the molecule is CC[C@H](C)N1C(=O)/C(=C/c2cn(-c3ccccc3)nc2-c2nc3ccccc3s2)SC1=S. The minimum Gasteiger partial charge on any atom is -0.290 e. The molecule has 0 radical (unpaired) electrons. The summed E-state index contributed by atoms with van der Waals surface area (Å²) in [7, 11) is 0. The molecule has 5 rings (SSSR count). The lowest BCUT2D eigenvalue weighted by molar-refractivity contribution is -0.123. The third-order valence-electron chi connectivity index (χ3n) is 5.40. The smallest absolute Gasteiger partial charge is 0.266 e. The number of thioether (sulfide) groups is 1. The van der Waals surface area contributed by atoms with Gasteiger partial charge in [-0.3, -0.25) is 9.69 Å². The summed E-state index contributed by atoms with van der Waals surface area (Å²) in [4.78, 5) is 20.2. The van der Waals surface area contributed by atoms with E-state index >= 15 is 0 Å². The molecule has 5 nitrogen and oxygen atoms in total. The van der Waals surface area contributed by atoms with Crippen molar-refractivity contribution in [1.29, 1.82) is 0 Å². The highest BCUT2D eigenvalue weighted by atomic mass is 32.2. The fourth-order valence-corrected chi connectivity index (χ4v) is 5.95. The van der Waals surface area contributed by atoms with Gasteiger partial charge >= 0.3 is 0 Å². The molecule has 1 atom stereocenters. The van der Waals surface area contributed by atoms with Crippen LogP contribution in [-0.2, 0) is 4.79 Å². The Labute approximate surface area is 199 Å². The highest BCUT2D eigenvalue weighted by Crippen LogP contribution is 2.37. The highest BCUT2D eigenvalue weighted by molar-refractivity contribution is 8.26. The van der Waals surface area contributed by atoms with Gasteiger partial charge in [-0.15, -0.1) is 11.3 Å².